The average molecular weight is 825 g/mol. The number of carboxylic acids is 2. The molecule has 0 radical (unpaired) electrons. The highest BCUT2D eigenvalue weighted by Gasteiger charge is 2.27. The number of aliphatic carboxylic acids is 2. The van der Waals surface area contributed by atoms with E-state index in [-0.39, 0.29) is 42.2 Å². The minimum atomic E-state index is -0.715. The maximum atomic E-state index is 12.9. The molecule has 0 spiro atoms. The first kappa shape index (κ1) is 44.6. The zero-order valence-corrected chi connectivity index (χ0v) is 35.6. The van der Waals surface area contributed by atoms with Crippen molar-refractivity contribution in [2.24, 2.45) is 11.8 Å². The van der Waals surface area contributed by atoms with Gasteiger partial charge in [-0.05, 0) is 106 Å². The number of carbonyl (C=O) groups excluding carboxylic acids is 2. The van der Waals surface area contributed by atoms with Crippen LogP contribution in [0.2, 0.25) is 0 Å². The van der Waals surface area contributed by atoms with Crippen LogP contribution >= 0.6 is 23.5 Å². The van der Waals surface area contributed by atoms with Crippen LogP contribution in [0.1, 0.15) is 144 Å². The fourth-order valence-corrected chi connectivity index (χ4v) is 9.91. The Hall–Kier alpha value is -3.52. The van der Waals surface area contributed by atoms with Gasteiger partial charge >= 0.3 is 11.9 Å². The van der Waals surface area contributed by atoms with Crippen LogP contribution in [0.4, 0.5) is 11.6 Å². The van der Waals surface area contributed by atoms with E-state index < -0.39 is 11.9 Å². The second-order valence-corrected chi connectivity index (χ2v) is 18.2. The van der Waals surface area contributed by atoms with Gasteiger partial charge in [0.05, 0.1) is 17.0 Å². The molecule has 6 rings (SSSR count). The van der Waals surface area contributed by atoms with E-state index in [9.17, 15) is 24.3 Å². The average Bonchev–Trinajstić information content (AvgIpc) is 3.23. The van der Waals surface area contributed by atoms with Gasteiger partial charge in [0.2, 0.25) is 0 Å². The lowest BCUT2D eigenvalue weighted by Gasteiger charge is -2.32. The van der Waals surface area contributed by atoms with Crippen LogP contribution in [0.3, 0.4) is 0 Å². The summed E-state index contributed by atoms with van der Waals surface area (Å²) in [6.07, 6.45) is 16.9. The van der Waals surface area contributed by atoms with Crippen LogP contribution in [0.15, 0.2) is 34.3 Å². The number of pyridine rings is 2. The Morgan fingerprint density at radius 1 is 0.632 bits per heavy atom. The van der Waals surface area contributed by atoms with Gasteiger partial charge in [-0.15, -0.1) is 23.5 Å². The number of amides is 2. The topological polar surface area (TPSA) is 165 Å². The lowest BCUT2D eigenvalue weighted by molar-refractivity contribution is -0.142. The number of rotatable bonds is 15. The highest BCUT2D eigenvalue weighted by molar-refractivity contribution is 7.99. The molecule has 4 N–H and O–H groups in total. The highest BCUT2D eigenvalue weighted by atomic mass is 32.2. The summed E-state index contributed by atoms with van der Waals surface area (Å²) in [7, 11) is 0. The normalized spacial score (nSPS) is 18.7. The second-order valence-electron chi connectivity index (χ2n) is 16.0. The molecule has 4 aliphatic rings. The molecule has 2 saturated heterocycles. The van der Waals surface area contributed by atoms with Crippen molar-refractivity contribution >= 4 is 58.9 Å². The number of carbonyl (C=O) groups is 4. The van der Waals surface area contributed by atoms with Gasteiger partial charge in [0.15, 0.2) is 0 Å². The quantitative estimate of drug-likeness (QED) is 0.127. The number of thioether (sulfide) groups is 2. The molecule has 314 valence electrons. The van der Waals surface area contributed by atoms with Crippen LogP contribution in [0.5, 0.6) is 0 Å². The van der Waals surface area contributed by atoms with Gasteiger partial charge in [0, 0.05) is 44.7 Å². The molecule has 12 nitrogen and oxygen atoms in total. The Bertz CT molecular complexity index is 1620. The molecule has 2 amide bonds. The van der Waals surface area contributed by atoms with E-state index in [0.717, 1.165) is 97.6 Å². The third-order valence-electron chi connectivity index (χ3n) is 11.5. The fraction of sp³-hybridized carbons (Fsp3) is 0.674. The van der Waals surface area contributed by atoms with E-state index in [0.29, 0.717) is 37.1 Å². The van der Waals surface area contributed by atoms with Crippen molar-refractivity contribution in [3.63, 3.8) is 0 Å². The highest BCUT2D eigenvalue weighted by Crippen LogP contribution is 2.31. The third kappa shape index (κ3) is 13.8. The summed E-state index contributed by atoms with van der Waals surface area (Å²) in [6.45, 7) is 7.26. The molecule has 2 saturated carbocycles. The molecule has 4 heterocycles. The minimum Gasteiger partial charge on any atom is -0.481 e. The van der Waals surface area contributed by atoms with Crippen LogP contribution < -0.4 is 20.4 Å². The predicted molar refractivity (Wildman–Crippen MR) is 229 cm³/mol. The Balaban J connectivity index is 0.000000218. The van der Waals surface area contributed by atoms with Gasteiger partial charge in [-0.25, -0.2) is 9.97 Å². The zero-order chi connectivity index (χ0) is 40.6. The molecule has 0 atom stereocenters. The summed E-state index contributed by atoms with van der Waals surface area (Å²) >= 11 is 3.28. The molecule has 0 unspecified atom stereocenters. The molecule has 2 aliphatic heterocycles. The Labute approximate surface area is 347 Å². The van der Waals surface area contributed by atoms with Gasteiger partial charge in [0.25, 0.3) is 11.8 Å². The van der Waals surface area contributed by atoms with E-state index in [1.165, 1.54) is 38.5 Å². The van der Waals surface area contributed by atoms with E-state index in [2.05, 4.69) is 34.3 Å². The lowest BCUT2D eigenvalue weighted by atomic mass is 9.93. The van der Waals surface area contributed by atoms with E-state index in [1.54, 1.807) is 23.5 Å². The van der Waals surface area contributed by atoms with Crippen molar-refractivity contribution in [1.82, 2.24) is 20.6 Å². The standard InChI is InChI=1S/C22H33N3O3S.C21H31N3O3S/c1-2-14-29-22-18(21(28)23-17-6-4-3-5-7-17)8-9-19(24-22)25-12-10-16(11-13-25)15-20(26)27;1-2-14-28-20-17(19(25)22-16-6-4-3-5-7-16)8-9-18(23-20)24-12-10-15(11-13-24)21(26)27/h8-9,16-17H,2-7,10-15H2,1H3,(H,23,28)(H,26,27);8-9,15-16H,2-7,10-14H2,1H3,(H,22,25)(H,26,27). The van der Waals surface area contributed by atoms with Crippen LogP contribution in [-0.2, 0) is 9.59 Å². The first-order chi connectivity index (χ1) is 27.6. The molecule has 0 bridgehead atoms. The Kier molecular flexibility index (Phi) is 18.1. The Morgan fingerprint density at radius 2 is 1.05 bits per heavy atom. The first-order valence-electron chi connectivity index (χ1n) is 21.5. The Morgan fingerprint density at radius 3 is 1.44 bits per heavy atom. The molecule has 2 aromatic heterocycles. The van der Waals surface area contributed by atoms with Gasteiger partial charge in [-0.1, -0.05) is 52.4 Å². The molecule has 2 aliphatic carbocycles. The minimum absolute atomic E-state index is 0.00489. The number of hydrogen-bond donors (Lipinski definition) is 4. The monoisotopic (exact) mass is 824 g/mol. The summed E-state index contributed by atoms with van der Waals surface area (Å²) in [5.41, 5.74) is 1.34. The van der Waals surface area contributed by atoms with Crippen molar-refractivity contribution in [3.05, 3.63) is 35.4 Å². The smallest absolute Gasteiger partial charge is 0.306 e. The molecular weight excluding hydrogens is 761 g/mol. The van der Waals surface area contributed by atoms with Gasteiger partial charge in [-0.3, -0.25) is 19.2 Å². The van der Waals surface area contributed by atoms with Crippen molar-refractivity contribution in [1.29, 1.82) is 0 Å². The SMILES string of the molecule is CCCSc1nc(N2CCC(C(=O)O)CC2)ccc1C(=O)NC1CCCCC1.CCCSc1nc(N2CCC(CC(=O)O)CC2)ccc1C(=O)NC1CCCCC1. The van der Waals surface area contributed by atoms with Gasteiger partial charge in [-0.2, -0.15) is 0 Å². The van der Waals surface area contributed by atoms with Crippen LogP contribution in [-0.4, -0.2) is 93.7 Å². The molecular formula is C43H64N6O6S2. The summed E-state index contributed by atoms with van der Waals surface area (Å²) in [4.78, 5) is 61.9. The molecule has 0 aromatic carbocycles. The number of aromatic nitrogens is 2. The van der Waals surface area contributed by atoms with E-state index in [4.69, 9.17) is 15.1 Å². The van der Waals surface area contributed by atoms with Crippen molar-refractivity contribution in [2.75, 3.05) is 47.5 Å². The van der Waals surface area contributed by atoms with Gasteiger partial charge in [0.1, 0.15) is 21.7 Å². The number of piperidine rings is 2. The number of nitrogens with one attached hydrogen (secondary N) is 2. The summed E-state index contributed by atoms with van der Waals surface area (Å²) < 4.78 is 0. The molecule has 57 heavy (non-hydrogen) atoms. The van der Waals surface area contributed by atoms with Crippen molar-refractivity contribution in [2.45, 2.75) is 145 Å². The van der Waals surface area contributed by atoms with Gasteiger partial charge < -0.3 is 30.6 Å². The first-order valence-corrected chi connectivity index (χ1v) is 23.5. The van der Waals surface area contributed by atoms with E-state index in [1.807, 2.05) is 24.3 Å². The summed E-state index contributed by atoms with van der Waals surface area (Å²) in [6, 6.07) is 8.23. The second kappa shape index (κ2) is 23.2. The molecule has 4 fully saturated rings. The maximum absolute atomic E-state index is 12.9. The third-order valence-corrected chi connectivity index (χ3v) is 13.9. The zero-order valence-electron chi connectivity index (χ0n) is 34.0. The predicted octanol–water partition coefficient (Wildman–Crippen LogP) is 8.28. The van der Waals surface area contributed by atoms with E-state index >= 15 is 0 Å². The fourth-order valence-electron chi connectivity index (χ4n) is 8.17. The van der Waals surface area contributed by atoms with Crippen LogP contribution in [0.25, 0.3) is 0 Å². The maximum Gasteiger partial charge on any atom is 0.306 e. The van der Waals surface area contributed by atoms with Crippen LogP contribution in [0, 0.1) is 11.8 Å². The summed E-state index contributed by atoms with van der Waals surface area (Å²) in [5.74, 6) is 2.13. The number of anilines is 2. The number of carboxylic acid groups (broad SMARTS) is 2. The number of nitrogens with zero attached hydrogens (tertiary/aromatic N) is 4. The number of hydrogen-bond acceptors (Lipinski definition) is 10. The summed E-state index contributed by atoms with van der Waals surface area (Å²) in [5, 5.41) is 26.2. The largest absolute Gasteiger partial charge is 0.481 e. The molecule has 14 heteroatoms. The van der Waals surface area contributed by atoms with Crippen molar-refractivity contribution in [3.8, 4) is 0 Å². The molecule has 2 aromatic rings. The van der Waals surface area contributed by atoms with Crippen molar-refractivity contribution < 1.29 is 29.4 Å². The lowest BCUT2D eigenvalue weighted by Crippen LogP contribution is -2.37.